The van der Waals surface area contributed by atoms with Gasteiger partial charge in [-0.3, -0.25) is 9.59 Å². The van der Waals surface area contributed by atoms with Gasteiger partial charge in [-0.2, -0.15) is 0 Å². The van der Waals surface area contributed by atoms with Gasteiger partial charge < -0.3 is 16.0 Å². The van der Waals surface area contributed by atoms with Crippen LogP contribution in [0.5, 0.6) is 0 Å². The van der Waals surface area contributed by atoms with Gasteiger partial charge in [0.1, 0.15) is 11.0 Å². The summed E-state index contributed by atoms with van der Waals surface area (Å²) in [6.07, 6.45) is 6.54. The zero-order valence-electron chi connectivity index (χ0n) is 15.2. The molecule has 3 aliphatic rings. The zero-order chi connectivity index (χ0) is 18.5. The molecular weight excluding hydrogens is 378 g/mol. The highest BCUT2D eigenvalue weighted by Crippen LogP contribution is 2.42. The molecule has 1 fully saturated rings. The molecule has 2 amide bonds. The maximum absolute atomic E-state index is 12.8. The number of aryl methyl sites for hydroxylation is 1. The Bertz CT molecular complexity index is 912. The van der Waals surface area contributed by atoms with Gasteiger partial charge in [0, 0.05) is 27.7 Å². The Morgan fingerprint density at radius 2 is 2.07 bits per heavy atom. The van der Waals surface area contributed by atoms with E-state index in [9.17, 15) is 9.59 Å². The lowest BCUT2D eigenvalue weighted by Gasteiger charge is -2.32. The van der Waals surface area contributed by atoms with Gasteiger partial charge >= 0.3 is 0 Å². The Morgan fingerprint density at radius 1 is 1.22 bits per heavy atom. The van der Waals surface area contributed by atoms with Crippen molar-refractivity contribution in [3.63, 3.8) is 0 Å². The van der Waals surface area contributed by atoms with Gasteiger partial charge in [0.15, 0.2) is 6.54 Å². The Morgan fingerprint density at radius 3 is 2.85 bits per heavy atom. The molecule has 1 unspecified atom stereocenters. The minimum Gasteiger partial charge on any atom is -0.365 e. The number of carbonyl (C=O) groups is 2. The second kappa shape index (κ2) is 6.72. The van der Waals surface area contributed by atoms with Gasteiger partial charge in [-0.05, 0) is 49.1 Å². The van der Waals surface area contributed by atoms with E-state index in [1.165, 1.54) is 44.4 Å². The van der Waals surface area contributed by atoms with Crippen LogP contribution in [-0.2, 0) is 24.1 Å². The van der Waals surface area contributed by atoms with Crippen LogP contribution in [-0.4, -0.2) is 24.9 Å². The van der Waals surface area contributed by atoms with Crippen LogP contribution in [0.15, 0.2) is 11.4 Å². The minimum absolute atomic E-state index is 0.00301. The predicted molar refractivity (Wildman–Crippen MR) is 108 cm³/mol. The summed E-state index contributed by atoms with van der Waals surface area (Å²) in [6, 6.07) is 2.71. The summed E-state index contributed by atoms with van der Waals surface area (Å²) in [4.78, 5) is 28.9. The van der Waals surface area contributed by atoms with E-state index < -0.39 is 5.91 Å². The number of rotatable bonds is 5. The highest BCUT2D eigenvalue weighted by molar-refractivity contribution is 7.17. The molecule has 3 heterocycles. The lowest BCUT2D eigenvalue weighted by atomic mass is 9.96. The van der Waals surface area contributed by atoms with Crippen LogP contribution >= 0.6 is 22.7 Å². The molecule has 5 nitrogen and oxygen atoms in total. The number of nitrogens with two attached hydrogens (primary N) is 1. The number of hydrogen-bond acceptors (Lipinski definition) is 4. The molecule has 0 radical (unpaired) electrons. The second-order valence-corrected chi connectivity index (χ2v) is 10.0. The van der Waals surface area contributed by atoms with Gasteiger partial charge in [-0.15, -0.1) is 22.7 Å². The summed E-state index contributed by atoms with van der Waals surface area (Å²) in [6.45, 7) is 1.46. The van der Waals surface area contributed by atoms with Crippen molar-refractivity contribution in [1.82, 2.24) is 0 Å². The number of nitrogens with one attached hydrogen (secondary N) is 2. The third-order valence-electron chi connectivity index (χ3n) is 6.13. The summed E-state index contributed by atoms with van der Waals surface area (Å²) < 4.78 is 0. The van der Waals surface area contributed by atoms with Crippen molar-refractivity contribution < 1.29 is 14.5 Å². The van der Waals surface area contributed by atoms with Crippen molar-refractivity contribution in [2.75, 3.05) is 18.4 Å². The number of amides is 2. The van der Waals surface area contributed by atoms with Crippen molar-refractivity contribution in [2.24, 2.45) is 11.7 Å². The van der Waals surface area contributed by atoms with E-state index in [1.807, 2.05) is 11.3 Å². The highest BCUT2D eigenvalue weighted by Gasteiger charge is 2.43. The fourth-order valence-electron chi connectivity index (χ4n) is 4.83. The van der Waals surface area contributed by atoms with Gasteiger partial charge in [0.25, 0.3) is 11.8 Å². The number of primary amides is 1. The molecular formula is C20H24N3O2S2+. The third-order valence-corrected chi connectivity index (χ3v) is 8.33. The maximum atomic E-state index is 12.8. The smallest absolute Gasteiger partial charge is 0.280 e. The average molecular weight is 403 g/mol. The van der Waals surface area contributed by atoms with E-state index in [4.69, 9.17) is 5.73 Å². The van der Waals surface area contributed by atoms with Gasteiger partial charge in [0.2, 0.25) is 0 Å². The number of anilines is 1. The third kappa shape index (κ3) is 3.11. The summed E-state index contributed by atoms with van der Waals surface area (Å²) in [5, 5.41) is 5.88. The fourth-order valence-corrected chi connectivity index (χ4v) is 7.07. The normalized spacial score (nSPS) is 23.7. The van der Waals surface area contributed by atoms with E-state index in [2.05, 4.69) is 16.8 Å². The number of thiophene rings is 2. The first-order chi connectivity index (χ1) is 13.1. The fraction of sp³-hybridized carbons (Fsp3) is 0.500. The molecule has 27 heavy (non-hydrogen) atoms. The Balaban J connectivity index is 1.34. The molecule has 1 aliphatic heterocycles. The van der Waals surface area contributed by atoms with Crippen molar-refractivity contribution in [1.29, 1.82) is 0 Å². The monoisotopic (exact) mass is 402 g/mol. The molecule has 1 saturated carbocycles. The van der Waals surface area contributed by atoms with Crippen LogP contribution < -0.4 is 16.0 Å². The quantitative estimate of drug-likeness (QED) is 0.715. The lowest BCUT2D eigenvalue weighted by Crippen LogP contribution is -3.14. The van der Waals surface area contributed by atoms with Crippen LogP contribution in [0.1, 0.15) is 56.5 Å². The maximum Gasteiger partial charge on any atom is 0.280 e. The minimum atomic E-state index is -0.422. The summed E-state index contributed by atoms with van der Waals surface area (Å²) in [5.74, 6) is 0.290. The summed E-state index contributed by atoms with van der Waals surface area (Å²) in [7, 11) is 0. The van der Waals surface area contributed by atoms with Crippen molar-refractivity contribution >= 4 is 39.5 Å². The zero-order valence-corrected chi connectivity index (χ0v) is 16.8. The van der Waals surface area contributed by atoms with Crippen LogP contribution in [0.25, 0.3) is 0 Å². The molecule has 5 rings (SSSR count). The molecule has 2 aliphatic carbocycles. The van der Waals surface area contributed by atoms with Gasteiger partial charge in [0.05, 0.1) is 12.1 Å². The molecule has 2 atom stereocenters. The van der Waals surface area contributed by atoms with E-state index in [1.54, 1.807) is 0 Å². The summed E-state index contributed by atoms with van der Waals surface area (Å²) in [5.41, 5.74) is 8.69. The van der Waals surface area contributed by atoms with Crippen molar-refractivity contribution in [2.45, 2.75) is 44.6 Å². The molecule has 0 aromatic carbocycles. The highest BCUT2D eigenvalue weighted by atomic mass is 32.1. The molecule has 0 bridgehead atoms. The van der Waals surface area contributed by atoms with Crippen LogP contribution in [0.3, 0.4) is 0 Å². The molecule has 0 spiro atoms. The van der Waals surface area contributed by atoms with Gasteiger partial charge in [-0.1, -0.05) is 0 Å². The van der Waals surface area contributed by atoms with Crippen molar-refractivity contribution in [3.8, 4) is 0 Å². The van der Waals surface area contributed by atoms with Crippen molar-refractivity contribution in [3.05, 3.63) is 37.9 Å². The van der Waals surface area contributed by atoms with Gasteiger partial charge in [-0.25, -0.2) is 0 Å². The largest absolute Gasteiger partial charge is 0.365 e. The lowest BCUT2D eigenvalue weighted by molar-refractivity contribution is -0.928. The standard InChI is InChI=1S/C20H23N3O2S2/c21-19(25)17-12-2-1-3-15(12)27-20(17)22-16(24)10-23-8-6-14-13(7-9-26-14)18(23)11-4-5-11/h7,9,11,18H,1-6,8,10H2,(H2,21,25)(H,22,24)/p+1/t18-/m0/s1. The van der Waals surface area contributed by atoms with E-state index in [0.29, 0.717) is 29.1 Å². The molecule has 2 aromatic heterocycles. The average Bonchev–Trinajstić information content (AvgIpc) is 3.01. The molecule has 2 aromatic rings. The van der Waals surface area contributed by atoms with E-state index in [-0.39, 0.29) is 5.91 Å². The Kier molecular flexibility index (Phi) is 4.33. The van der Waals surface area contributed by atoms with Crippen LogP contribution in [0.2, 0.25) is 0 Å². The number of fused-ring (bicyclic) bond motifs is 2. The number of quaternary nitrogens is 1. The molecule has 7 heteroatoms. The Labute approximate surface area is 166 Å². The van der Waals surface area contributed by atoms with Crippen LogP contribution in [0.4, 0.5) is 5.00 Å². The predicted octanol–water partition coefficient (Wildman–Crippen LogP) is 1.93. The first-order valence-electron chi connectivity index (χ1n) is 9.77. The first kappa shape index (κ1) is 17.4. The molecule has 0 saturated heterocycles. The van der Waals surface area contributed by atoms with Crippen LogP contribution in [0, 0.1) is 5.92 Å². The topological polar surface area (TPSA) is 76.6 Å². The second-order valence-electron chi connectivity index (χ2n) is 7.92. The first-order valence-corrected chi connectivity index (χ1v) is 11.5. The number of carbonyl (C=O) groups excluding carboxylic acids is 2. The number of hydrogen-bond donors (Lipinski definition) is 3. The molecule has 4 N–H and O–H groups in total. The van der Waals surface area contributed by atoms with E-state index >= 15 is 0 Å². The van der Waals surface area contributed by atoms with E-state index in [0.717, 1.165) is 37.8 Å². The summed E-state index contributed by atoms with van der Waals surface area (Å²) >= 11 is 3.39. The SMILES string of the molecule is NC(=O)c1c(NC(=O)C[NH+]2CCc3sccc3[C@@H]2C2CC2)sc2c1CCC2. The Hall–Kier alpha value is -1.70. The molecule has 142 valence electrons.